The summed E-state index contributed by atoms with van der Waals surface area (Å²) in [6, 6.07) is 10.4. The molecule has 1 aromatic heterocycles. The van der Waals surface area contributed by atoms with Crippen molar-refractivity contribution in [3.05, 3.63) is 30.3 Å². The summed E-state index contributed by atoms with van der Waals surface area (Å²) in [5.41, 5.74) is 8.94. The lowest BCUT2D eigenvalue weighted by Gasteiger charge is -2.29. The van der Waals surface area contributed by atoms with Crippen LogP contribution in [0.4, 0.5) is 11.5 Å². The zero-order valence-electron chi connectivity index (χ0n) is 10.2. The highest BCUT2D eigenvalue weighted by atomic mass is 15.2. The third-order valence-electron chi connectivity index (χ3n) is 3.26. The van der Waals surface area contributed by atoms with Crippen LogP contribution < -0.4 is 16.0 Å². The summed E-state index contributed by atoms with van der Waals surface area (Å²) in [7, 11) is 0. The molecule has 1 aromatic carbocycles. The summed E-state index contributed by atoms with van der Waals surface area (Å²) in [6.45, 7) is 4.24. The van der Waals surface area contributed by atoms with Crippen molar-refractivity contribution >= 4 is 11.5 Å². The Balaban J connectivity index is 1.80. The second-order valence-electron chi connectivity index (χ2n) is 4.49. The van der Waals surface area contributed by atoms with E-state index in [0.717, 1.165) is 37.4 Å². The highest BCUT2D eigenvalue weighted by molar-refractivity contribution is 5.65. The molecule has 2 heterocycles. The van der Waals surface area contributed by atoms with Crippen molar-refractivity contribution in [1.82, 2.24) is 15.5 Å². The molecule has 0 bridgehead atoms. The summed E-state index contributed by atoms with van der Waals surface area (Å²) in [5, 5.41) is 10.2. The number of H-pyrrole nitrogens is 1. The molecule has 0 atom stereocenters. The van der Waals surface area contributed by atoms with Gasteiger partial charge in [-0.2, -0.15) is 5.10 Å². The molecule has 5 nitrogen and oxygen atoms in total. The van der Waals surface area contributed by atoms with Gasteiger partial charge < -0.3 is 16.0 Å². The molecule has 3 rings (SSSR count). The molecule has 1 saturated heterocycles. The second kappa shape index (κ2) is 4.70. The predicted molar refractivity (Wildman–Crippen MR) is 73.5 cm³/mol. The standard InChI is InChI=1S/C13H17N5/c14-13-9-12(16-17-13)10-1-3-11(4-2-10)18-7-5-15-6-8-18/h1-4,9,15H,5-8H2,(H3,14,16,17). The third-order valence-corrected chi connectivity index (χ3v) is 3.26. The van der Waals surface area contributed by atoms with Gasteiger partial charge in [0.2, 0.25) is 0 Å². The van der Waals surface area contributed by atoms with E-state index in [1.54, 1.807) is 0 Å². The molecule has 2 aromatic rings. The largest absolute Gasteiger partial charge is 0.382 e. The smallest absolute Gasteiger partial charge is 0.145 e. The quantitative estimate of drug-likeness (QED) is 0.738. The Bertz CT molecular complexity index is 510. The number of benzene rings is 1. The molecule has 1 aliphatic heterocycles. The molecule has 1 fully saturated rings. The van der Waals surface area contributed by atoms with Crippen LogP contribution in [-0.4, -0.2) is 36.4 Å². The maximum atomic E-state index is 5.61. The number of nitrogen functional groups attached to an aromatic ring is 1. The molecule has 94 valence electrons. The minimum absolute atomic E-state index is 0.524. The minimum Gasteiger partial charge on any atom is -0.382 e. The van der Waals surface area contributed by atoms with E-state index < -0.39 is 0 Å². The highest BCUT2D eigenvalue weighted by Crippen LogP contribution is 2.22. The maximum Gasteiger partial charge on any atom is 0.145 e. The number of rotatable bonds is 2. The molecule has 0 amide bonds. The molecule has 18 heavy (non-hydrogen) atoms. The fraction of sp³-hybridized carbons (Fsp3) is 0.308. The topological polar surface area (TPSA) is 70.0 Å². The van der Waals surface area contributed by atoms with Crippen molar-refractivity contribution in [2.24, 2.45) is 0 Å². The van der Waals surface area contributed by atoms with Crippen LogP contribution in [0.1, 0.15) is 0 Å². The van der Waals surface area contributed by atoms with Crippen LogP contribution in [-0.2, 0) is 0 Å². The fourth-order valence-electron chi connectivity index (χ4n) is 2.26. The van der Waals surface area contributed by atoms with E-state index in [0.29, 0.717) is 5.82 Å². The first-order chi connectivity index (χ1) is 8.83. The van der Waals surface area contributed by atoms with Gasteiger partial charge in [-0.3, -0.25) is 5.10 Å². The maximum absolute atomic E-state index is 5.61. The first-order valence-corrected chi connectivity index (χ1v) is 6.20. The number of aromatic nitrogens is 2. The van der Waals surface area contributed by atoms with Crippen molar-refractivity contribution in [2.45, 2.75) is 0 Å². The Morgan fingerprint density at radius 1 is 1.11 bits per heavy atom. The first kappa shape index (κ1) is 11.1. The molecular formula is C13H17N5. The Morgan fingerprint density at radius 2 is 1.83 bits per heavy atom. The van der Waals surface area contributed by atoms with Crippen LogP contribution in [0.3, 0.4) is 0 Å². The van der Waals surface area contributed by atoms with Gasteiger partial charge in [-0.25, -0.2) is 0 Å². The molecule has 5 heteroatoms. The van der Waals surface area contributed by atoms with E-state index in [2.05, 4.69) is 44.7 Å². The molecule has 0 unspecified atom stereocenters. The zero-order chi connectivity index (χ0) is 12.4. The molecule has 0 aliphatic carbocycles. The summed E-state index contributed by atoms with van der Waals surface area (Å²) in [5.74, 6) is 0.524. The van der Waals surface area contributed by atoms with Gasteiger partial charge in [0.15, 0.2) is 0 Å². The van der Waals surface area contributed by atoms with Gasteiger partial charge >= 0.3 is 0 Å². The number of hydrogen-bond acceptors (Lipinski definition) is 4. The van der Waals surface area contributed by atoms with Gasteiger partial charge in [0.25, 0.3) is 0 Å². The Hall–Kier alpha value is -2.01. The monoisotopic (exact) mass is 243 g/mol. The SMILES string of the molecule is Nc1cc(-c2ccc(N3CCNCC3)cc2)[nH]n1. The van der Waals surface area contributed by atoms with E-state index in [1.165, 1.54) is 5.69 Å². The Morgan fingerprint density at radius 3 is 2.44 bits per heavy atom. The van der Waals surface area contributed by atoms with Gasteiger partial charge in [-0.05, 0) is 17.7 Å². The summed E-state index contributed by atoms with van der Waals surface area (Å²) < 4.78 is 0. The van der Waals surface area contributed by atoms with Crippen LogP contribution in [0.25, 0.3) is 11.3 Å². The van der Waals surface area contributed by atoms with Crippen molar-refractivity contribution in [2.75, 3.05) is 36.8 Å². The fourth-order valence-corrected chi connectivity index (χ4v) is 2.26. The van der Waals surface area contributed by atoms with Gasteiger partial charge in [-0.1, -0.05) is 12.1 Å². The molecule has 0 spiro atoms. The van der Waals surface area contributed by atoms with Gasteiger partial charge in [0, 0.05) is 37.9 Å². The first-order valence-electron chi connectivity index (χ1n) is 6.20. The van der Waals surface area contributed by atoms with Crippen LogP contribution in [0.2, 0.25) is 0 Å². The molecule has 0 saturated carbocycles. The number of hydrogen-bond donors (Lipinski definition) is 3. The summed E-state index contributed by atoms with van der Waals surface area (Å²) >= 11 is 0. The summed E-state index contributed by atoms with van der Waals surface area (Å²) in [4.78, 5) is 2.39. The number of aromatic amines is 1. The second-order valence-corrected chi connectivity index (χ2v) is 4.49. The predicted octanol–water partition coefficient (Wildman–Crippen LogP) is 1.07. The van der Waals surface area contributed by atoms with Crippen LogP contribution >= 0.6 is 0 Å². The summed E-state index contributed by atoms with van der Waals surface area (Å²) in [6.07, 6.45) is 0. The number of nitrogens with two attached hydrogens (primary N) is 1. The highest BCUT2D eigenvalue weighted by Gasteiger charge is 2.10. The minimum atomic E-state index is 0.524. The van der Waals surface area contributed by atoms with Crippen LogP contribution in [0.15, 0.2) is 30.3 Å². The van der Waals surface area contributed by atoms with E-state index in [1.807, 2.05) is 6.07 Å². The van der Waals surface area contributed by atoms with Crippen molar-refractivity contribution in [3.8, 4) is 11.3 Å². The van der Waals surface area contributed by atoms with E-state index in [9.17, 15) is 0 Å². The number of nitrogens with zero attached hydrogens (tertiary/aromatic N) is 2. The zero-order valence-corrected chi connectivity index (χ0v) is 10.2. The number of anilines is 2. The average Bonchev–Trinajstić information content (AvgIpc) is 2.87. The number of piperazine rings is 1. The average molecular weight is 243 g/mol. The van der Waals surface area contributed by atoms with Crippen molar-refractivity contribution in [3.63, 3.8) is 0 Å². The van der Waals surface area contributed by atoms with E-state index in [-0.39, 0.29) is 0 Å². The molecule has 4 N–H and O–H groups in total. The van der Waals surface area contributed by atoms with E-state index in [4.69, 9.17) is 5.73 Å². The van der Waals surface area contributed by atoms with E-state index >= 15 is 0 Å². The Kier molecular flexibility index (Phi) is 2.90. The normalized spacial score (nSPS) is 15.9. The van der Waals surface area contributed by atoms with Crippen LogP contribution in [0, 0.1) is 0 Å². The van der Waals surface area contributed by atoms with Crippen molar-refractivity contribution in [1.29, 1.82) is 0 Å². The lowest BCUT2D eigenvalue weighted by molar-refractivity contribution is 0.589. The van der Waals surface area contributed by atoms with Gasteiger partial charge in [0.1, 0.15) is 5.82 Å². The Labute approximate surface area is 106 Å². The third kappa shape index (κ3) is 2.17. The van der Waals surface area contributed by atoms with Crippen LogP contribution in [0.5, 0.6) is 0 Å². The van der Waals surface area contributed by atoms with Gasteiger partial charge in [-0.15, -0.1) is 0 Å². The molecular weight excluding hydrogens is 226 g/mol. The van der Waals surface area contributed by atoms with Crippen molar-refractivity contribution < 1.29 is 0 Å². The molecule has 0 radical (unpaired) electrons. The van der Waals surface area contributed by atoms with Gasteiger partial charge in [0.05, 0.1) is 5.69 Å². The number of nitrogens with one attached hydrogen (secondary N) is 2. The lowest BCUT2D eigenvalue weighted by Crippen LogP contribution is -2.43. The molecule has 1 aliphatic rings. The lowest BCUT2D eigenvalue weighted by atomic mass is 10.1.